The summed E-state index contributed by atoms with van der Waals surface area (Å²) in [5.74, 6) is 1.20. The van der Waals surface area contributed by atoms with Gasteiger partial charge < -0.3 is 15.0 Å². The molecule has 2 atom stereocenters. The van der Waals surface area contributed by atoms with E-state index in [0.29, 0.717) is 24.6 Å². The van der Waals surface area contributed by atoms with Gasteiger partial charge in [0.25, 0.3) is 0 Å². The molecule has 1 aromatic heterocycles. The zero-order valence-electron chi connectivity index (χ0n) is 12.1. The zero-order valence-corrected chi connectivity index (χ0v) is 12.1. The highest BCUT2D eigenvalue weighted by atomic mass is 16.5. The monoisotopic (exact) mass is 287 g/mol. The number of aromatic nitrogens is 2. The number of nitrogens with two attached hydrogens (primary N) is 1. The molecular weight excluding hydrogens is 266 g/mol. The average molecular weight is 287 g/mol. The molecule has 0 amide bonds. The first-order valence-electron chi connectivity index (χ1n) is 7.55. The lowest BCUT2D eigenvalue weighted by Gasteiger charge is -2.20. The van der Waals surface area contributed by atoms with Gasteiger partial charge in [0.05, 0.1) is 12.1 Å². The van der Waals surface area contributed by atoms with E-state index in [4.69, 9.17) is 15.0 Å². The molecule has 5 heteroatoms. The van der Waals surface area contributed by atoms with Crippen LogP contribution in [0.3, 0.4) is 0 Å². The summed E-state index contributed by atoms with van der Waals surface area (Å²) in [6, 6.07) is 9.83. The van der Waals surface area contributed by atoms with Crippen LogP contribution < -0.4 is 5.73 Å². The number of hydrogen-bond donors (Lipinski definition) is 1. The van der Waals surface area contributed by atoms with Gasteiger partial charge in [0.15, 0.2) is 5.82 Å². The van der Waals surface area contributed by atoms with Crippen LogP contribution in [-0.4, -0.2) is 22.9 Å². The SMILES string of the molecule is NC(Cc1ccccc1)c1nc(CC2CCCCO2)no1. The van der Waals surface area contributed by atoms with Crippen molar-refractivity contribution in [1.29, 1.82) is 0 Å². The Morgan fingerprint density at radius 3 is 2.86 bits per heavy atom. The van der Waals surface area contributed by atoms with E-state index in [1.165, 1.54) is 12.0 Å². The Bertz CT molecular complexity index is 550. The Labute approximate surface area is 124 Å². The van der Waals surface area contributed by atoms with Gasteiger partial charge in [0.2, 0.25) is 5.89 Å². The lowest BCUT2D eigenvalue weighted by atomic mass is 10.1. The predicted molar refractivity (Wildman–Crippen MR) is 78.7 cm³/mol. The van der Waals surface area contributed by atoms with Crippen molar-refractivity contribution < 1.29 is 9.26 Å². The third-order valence-corrected chi connectivity index (χ3v) is 3.78. The van der Waals surface area contributed by atoms with E-state index < -0.39 is 0 Å². The van der Waals surface area contributed by atoms with Crippen LogP contribution in [0.25, 0.3) is 0 Å². The third kappa shape index (κ3) is 3.89. The van der Waals surface area contributed by atoms with Gasteiger partial charge in [-0.2, -0.15) is 4.98 Å². The maximum atomic E-state index is 6.15. The number of rotatable bonds is 5. The zero-order chi connectivity index (χ0) is 14.5. The molecule has 0 saturated carbocycles. The number of benzene rings is 1. The van der Waals surface area contributed by atoms with Crippen molar-refractivity contribution in [2.45, 2.75) is 44.2 Å². The summed E-state index contributed by atoms with van der Waals surface area (Å²) < 4.78 is 11.0. The molecule has 0 radical (unpaired) electrons. The molecule has 0 bridgehead atoms. The molecule has 1 aromatic carbocycles. The van der Waals surface area contributed by atoms with Crippen LogP contribution in [-0.2, 0) is 17.6 Å². The lowest BCUT2D eigenvalue weighted by Crippen LogP contribution is -2.22. The summed E-state index contributed by atoms with van der Waals surface area (Å²) >= 11 is 0. The van der Waals surface area contributed by atoms with Crippen LogP contribution in [0.5, 0.6) is 0 Å². The van der Waals surface area contributed by atoms with E-state index in [2.05, 4.69) is 10.1 Å². The van der Waals surface area contributed by atoms with Gasteiger partial charge in [-0.25, -0.2) is 0 Å². The van der Waals surface area contributed by atoms with Gasteiger partial charge in [-0.1, -0.05) is 35.5 Å². The number of hydrogen-bond acceptors (Lipinski definition) is 5. The highest BCUT2D eigenvalue weighted by molar-refractivity contribution is 5.16. The minimum Gasteiger partial charge on any atom is -0.378 e. The highest BCUT2D eigenvalue weighted by Crippen LogP contribution is 2.18. The average Bonchev–Trinajstić information content (AvgIpc) is 2.98. The summed E-state index contributed by atoms with van der Waals surface area (Å²) in [6.07, 6.45) is 5.05. The third-order valence-electron chi connectivity index (χ3n) is 3.78. The molecule has 112 valence electrons. The molecule has 21 heavy (non-hydrogen) atoms. The molecule has 1 aliphatic heterocycles. The topological polar surface area (TPSA) is 74.2 Å². The van der Waals surface area contributed by atoms with E-state index in [1.807, 2.05) is 30.3 Å². The number of nitrogens with zero attached hydrogens (tertiary/aromatic N) is 2. The highest BCUT2D eigenvalue weighted by Gasteiger charge is 2.20. The van der Waals surface area contributed by atoms with Gasteiger partial charge in [-0.05, 0) is 31.2 Å². The molecule has 1 saturated heterocycles. The van der Waals surface area contributed by atoms with Crippen molar-refractivity contribution in [3.63, 3.8) is 0 Å². The van der Waals surface area contributed by atoms with Crippen molar-refractivity contribution >= 4 is 0 Å². The molecule has 2 aromatic rings. The molecule has 1 aliphatic rings. The minimum atomic E-state index is -0.263. The quantitative estimate of drug-likeness (QED) is 0.914. The molecular formula is C16H21N3O2. The van der Waals surface area contributed by atoms with Crippen molar-refractivity contribution in [2.75, 3.05) is 6.61 Å². The summed E-state index contributed by atoms with van der Waals surface area (Å²) in [4.78, 5) is 4.42. The normalized spacial score (nSPS) is 20.3. The van der Waals surface area contributed by atoms with Gasteiger partial charge >= 0.3 is 0 Å². The van der Waals surface area contributed by atoms with Crippen molar-refractivity contribution in [3.8, 4) is 0 Å². The van der Waals surface area contributed by atoms with Crippen molar-refractivity contribution in [3.05, 3.63) is 47.6 Å². The van der Waals surface area contributed by atoms with Crippen LogP contribution in [0.4, 0.5) is 0 Å². The van der Waals surface area contributed by atoms with E-state index in [1.54, 1.807) is 0 Å². The van der Waals surface area contributed by atoms with Gasteiger partial charge in [-0.15, -0.1) is 0 Å². The predicted octanol–water partition coefficient (Wildman–Crippen LogP) is 2.42. The van der Waals surface area contributed by atoms with E-state index in [9.17, 15) is 0 Å². The van der Waals surface area contributed by atoms with Crippen LogP contribution >= 0.6 is 0 Å². The minimum absolute atomic E-state index is 0.217. The first kappa shape index (κ1) is 14.2. The second-order valence-electron chi connectivity index (χ2n) is 5.54. The first-order valence-corrected chi connectivity index (χ1v) is 7.55. The van der Waals surface area contributed by atoms with E-state index in [0.717, 1.165) is 19.4 Å². The Morgan fingerprint density at radius 1 is 1.24 bits per heavy atom. The van der Waals surface area contributed by atoms with Gasteiger partial charge in [-0.3, -0.25) is 0 Å². The maximum Gasteiger partial charge on any atom is 0.243 e. The van der Waals surface area contributed by atoms with E-state index in [-0.39, 0.29) is 12.1 Å². The Kier molecular flexibility index (Phi) is 4.62. The molecule has 5 nitrogen and oxygen atoms in total. The molecule has 0 spiro atoms. The van der Waals surface area contributed by atoms with Crippen LogP contribution in [0.1, 0.15) is 42.6 Å². The summed E-state index contributed by atoms with van der Waals surface area (Å²) in [5, 5.41) is 4.03. The molecule has 0 aliphatic carbocycles. The fraction of sp³-hybridized carbons (Fsp3) is 0.500. The smallest absolute Gasteiger partial charge is 0.243 e. The molecule has 2 N–H and O–H groups in total. The summed E-state index contributed by atoms with van der Waals surface area (Å²) in [5.41, 5.74) is 7.31. The molecule has 2 heterocycles. The van der Waals surface area contributed by atoms with Gasteiger partial charge in [0.1, 0.15) is 0 Å². The second-order valence-corrected chi connectivity index (χ2v) is 5.54. The Hall–Kier alpha value is -1.72. The van der Waals surface area contributed by atoms with E-state index >= 15 is 0 Å². The summed E-state index contributed by atoms with van der Waals surface area (Å²) in [6.45, 7) is 0.836. The fourth-order valence-electron chi connectivity index (χ4n) is 2.63. The number of ether oxygens (including phenoxy) is 1. The van der Waals surface area contributed by atoms with Gasteiger partial charge in [0, 0.05) is 13.0 Å². The second kappa shape index (κ2) is 6.83. The van der Waals surface area contributed by atoms with Crippen LogP contribution in [0, 0.1) is 0 Å². The van der Waals surface area contributed by atoms with Crippen LogP contribution in [0.15, 0.2) is 34.9 Å². The van der Waals surface area contributed by atoms with Crippen LogP contribution in [0.2, 0.25) is 0 Å². The molecule has 3 rings (SSSR count). The fourth-order valence-corrected chi connectivity index (χ4v) is 2.63. The Balaban J connectivity index is 1.58. The van der Waals surface area contributed by atoms with Crippen molar-refractivity contribution in [2.24, 2.45) is 5.73 Å². The molecule has 1 fully saturated rings. The van der Waals surface area contributed by atoms with Crippen molar-refractivity contribution in [1.82, 2.24) is 10.1 Å². The first-order chi connectivity index (χ1) is 10.3. The Morgan fingerprint density at radius 2 is 2.10 bits per heavy atom. The largest absolute Gasteiger partial charge is 0.378 e. The maximum absolute atomic E-state index is 6.15. The standard InChI is InChI=1S/C16H21N3O2/c17-14(10-12-6-2-1-3-7-12)16-18-15(19-21-16)11-13-8-4-5-9-20-13/h1-3,6-7,13-14H,4-5,8-11,17H2. The summed E-state index contributed by atoms with van der Waals surface area (Å²) in [7, 11) is 0. The molecule has 2 unspecified atom stereocenters. The lowest BCUT2D eigenvalue weighted by molar-refractivity contribution is 0.0153.